The third-order valence-electron chi connectivity index (χ3n) is 2.66. The van der Waals surface area contributed by atoms with E-state index >= 15 is 0 Å². The van der Waals surface area contributed by atoms with E-state index in [0.717, 1.165) is 11.3 Å². The molecule has 120 valence electrons. The first-order valence-corrected chi connectivity index (χ1v) is 8.07. The van der Waals surface area contributed by atoms with Crippen LogP contribution in [0.15, 0.2) is 24.3 Å². The second-order valence-corrected chi connectivity index (χ2v) is 6.00. The Balaban J connectivity index is 0.00000400. The number of anilines is 1. The Morgan fingerprint density at radius 3 is 2.86 bits per heavy atom. The number of hydrogen-bond donors (Lipinski definition) is 2. The summed E-state index contributed by atoms with van der Waals surface area (Å²) in [6.45, 7) is 0.994. The van der Waals surface area contributed by atoms with Crippen molar-refractivity contribution in [3.05, 3.63) is 29.8 Å². The fourth-order valence-electron chi connectivity index (χ4n) is 1.66. The first-order valence-electron chi connectivity index (χ1n) is 6.58. The third kappa shape index (κ3) is 8.83. The Kier molecular flexibility index (Phi) is 11.2. The molecule has 21 heavy (non-hydrogen) atoms. The van der Waals surface area contributed by atoms with Gasteiger partial charge in [0.25, 0.3) is 0 Å². The number of carbonyl (C=O) groups is 1. The molecule has 1 aromatic rings. The van der Waals surface area contributed by atoms with Crippen LogP contribution in [-0.2, 0) is 26.1 Å². The lowest BCUT2D eigenvalue weighted by molar-refractivity contribution is -0.116. The van der Waals surface area contributed by atoms with Gasteiger partial charge in [0.2, 0.25) is 5.91 Å². The van der Waals surface area contributed by atoms with Crippen LogP contribution in [-0.4, -0.2) is 36.1 Å². The molecule has 1 atom stereocenters. The summed E-state index contributed by atoms with van der Waals surface area (Å²) in [5.41, 5.74) is 7.04. The van der Waals surface area contributed by atoms with Crippen molar-refractivity contribution in [3.8, 4) is 0 Å². The minimum absolute atomic E-state index is 0. The van der Waals surface area contributed by atoms with Crippen LogP contribution in [0.5, 0.6) is 0 Å². The third-order valence-corrected chi connectivity index (χ3v) is 3.94. The van der Waals surface area contributed by atoms with Crippen molar-refractivity contribution in [1.29, 1.82) is 0 Å². The average molecular weight is 335 g/mol. The number of amides is 1. The van der Waals surface area contributed by atoms with Gasteiger partial charge in [-0.15, -0.1) is 12.4 Å². The first kappa shape index (κ1) is 20.1. The number of ether oxygens (including phenoxy) is 1. The highest BCUT2D eigenvalue weighted by Crippen LogP contribution is 2.13. The van der Waals surface area contributed by atoms with Gasteiger partial charge in [0.05, 0.1) is 6.61 Å². The van der Waals surface area contributed by atoms with Gasteiger partial charge in [-0.2, -0.15) is 0 Å². The monoisotopic (exact) mass is 334 g/mol. The minimum atomic E-state index is -0.951. The summed E-state index contributed by atoms with van der Waals surface area (Å²) in [6.07, 6.45) is 1.09. The van der Waals surface area contributed by atoms with Gasteiger partial charge in [-0.3, -0.25) is 9.00 Å². The molecule has 1 amide bonds. The molecule has 0 aromatic heterocycles. The van der Waals surface area contributed by atoms with E-state index in [9.17, 15) is 9.00 Å². The lowest BCUT2D eigenvalue weighted by Gasteiger charge is -2.07. The Labute approximate surface area is 134 Å². The number of carbonyl (C=O) groups excluding carboxylic acids is 1. The zero-order chi connectivity index (χ0) is 14.8. The Hall–Kier alpha value is -0.950. The Morgan fingerprint density at radius 2 is 2.19 bits per heavy atom. The normalized spacial score (nSPS) is 11.5. The van der Waals surface area contributed by atoms with E-state index in [1.54, 1.807) is 7.11 Å². The molecule has 1 aromatic carbocycles. The van der Waals surface area contributed by atoms with Crippen LogP contribution in [0.25, 0.3) is 0 Å². The molecule has 7 heteroatoms. The molecule has 0 aliphatic rings. The van der Waals surface area contributed by atoms with E-state index in [2.05, 4.69) is 5.32 Å². The molecule has 0 heterocycles. The lowest BCUT2D eigenvalue weighted by Crippen LogP contribution is -2.13. The van der Waals surface area contributed by atoms with E-state index < -0.39 is 10.8 Å². The standard InChI is InChI=1S/C14H22N2O3S.ClH/c1-19-8-9-20(18)11-12-4-2-5-13(10-12)16-14(17)6-3-7-15;/h2,4-5,10H,3,6-9,11,15H2,1H3,(H,16,17);1H. The van der Waals surface area contributed by atoms with Gasteiger partial charge in [0.1, 0.15) is 0 Å². The van der Waals surface area contributed by atoms with Gasteiger partial charge in [-0.25, -0.2) is 0 Å². The average Bonchev–Trinajstić information content (AvgIpc) is 2.43. The summed E-state index contributed by atoms with van der Waals surface area (Å²) in [5, 5.41) is 2.82. The van der Waals surface area contributed by atoms with E-state index in [1.807, 2.05) is 24.3 Å². The highest BCUT2D eigenvalue weighted by molar-refractivity contribution is 7.84. The Morgan fingerprint density at radius 1 is 1.43 bits per heavy atom. The van der Waals surface area contributed by atoms with Gasteiger partial charge < -0.3 is 15.8 Å². The predicted octanol–water partition coefficient (Wildman–Crippen LogP) is 1.68. The molecule has 0 saturated heterocycles. The molecule has 3 N–H and O–H groups in total. The molecule has 0 fully saturated rings. The Bertz CT molecular complexity index is 420. The fourth-order valence-corrected chi connectivity index (χ4v) is 2.71. The van der Waals surface area contributed by atoms with Crippen LogP contribution in [0.1, 0.15) is 18.4 Å². The number of benzene rings is 1. The maximum atomic E-state index is 11.8. The minimum Gasteiger partial charge on any atom is -0.384 e. The summed E-state index contributed by atoms with van der Waals surface area (Å²) in [7, 11) is 0.641. The van der Waals surface area contributed by atoms with E-state index in [-0.39, 0.29) is 18.3 Å². The first-order chi connectivity index (χ1) is 9.65. The molecule has 0 aliphatic carbocycles. The van der Waals surface area contributed by atoms with Crippen molar-refractivity contribution in [2.24, 2.45) is 5.73 Å². The van der Waals surface area contributed by atoms with Crippen molar-refractivity contribution in [2.75, 3.05) is 31.3 Å². The molecule has 0 saturated carbocycles. The maximum Gasteiger partial charge on any atom is 0.224 e. The van der Waals surface area contributed by atoms with Gasteiger partial charge in [0, 0.05) is 41.5 Å². The highest BCUT2D eigenvalue weighted by atomic mass is 35.5. The summed E-state index contributed by atoms with van der Waals surface area (Å²) >= 11 is 0. The van der Waals surface area contributed by atoms with Crippen LogP contribution >= 0.6 is 12.4 Å². The molecular weight excluding hydrogens is 312 g/mol. The number of nitrogens with one attached hydrogen (secondary N) is 1. The molecule has 0 aliphatic heterocycles. The lowest BCUT2D eigenvalue weighted by atomic mass is 10.2. The molecule has 1 unspecified atom stereocenters. The van der Waals surface area contributed by atoms with E-state index in [4.69, 9.17) is 10.5 Å². The number of hydrogen-bond acceptors (Lipinski definition) is 4. The van der Waals surface area contributed by atoms with E-state index in [1.165, 1.54) is 0 Å². The van der Waals surface area contributed by atoms with Crippen LogP contribution in [0.3, 0.4) is 0 Å². The number of methoxy groups -OCH3 is 1. The predicted molar refractivity (Wildman–Crippen MR) is 89.2 cm³/mol. The number of nitrogens with two attached hydrogens (primary N) is 1. The van der Waals surface area contributed by atoms with Crippen molar-refractivity contribution in [3.63, 3.8) is 0 Å². The van der Waals surface area contributed by atoms with Crippen LogP contribution in [0.2, 0.25) is 0 Å². The second-order valence-electron chi connectivity index (χ2n) is 4.42. The highest BCUT2D eigenvalue weighted by Gasteiger charge is 2.05. The maximum absolute atomic E-state index is 11.8. The summed E-state index contributed by atoms with van der Waals surface area (Å²) in [4.78, 5) is 11.6. The zero-order valence-electron chi connectivity index (χ0n) is 12.2. The topological polar surface area (TPSA) is 81.4 Å². The van der Waals surface area contributed by atoms with Crippen molar-refractivity contribution in [2.45, 2.75) is 18.6 Å². The summed E-state index contributed by atoms with van der Waals surface area (Å²) in [5.74, 6) is 0.938. The fraction of sp³-hybridized carbons (Fsp3) is 0.500. The van der Waals surface area contributed by atoms with Crippen LogP contribution in [0.4, 0.5) is 5.69 Å². The second kappa shape index (κ2) is 11.7. The summed E-state index contributed by atoms with van der Waals surface area (Å²) < 4.78 is 16.7. The molecule has 0 spiro atoms. The largest absolute Gasteiger partial charge is 0.384 e. The van der Waals surface area contributed by atoms with Crippen LogP contribution < -0.4 is 11.1 Å². The summed E-state index contributed by atoms with van der Waals surface area (Å²) in [6, 6.07) is 7.43. The number of halogens is 1. The van der Waals surface area contributed by atoms with Crippen LogP contribution in [0, 0.1) is 0 Å². The zero-order valence-corrected chi connectivity index (χ0v) is 13.8. The smallest absolute Gasteiger partial charge is 0.224 e. The molecular formula is C14H23ClN2O3S. The van der Waals surface area contributed by atoms with Crippen molar-refractivity contribution >= 4 is 34.8 Å². The molecule has 5 nitrogen and oxygen atoms in total. The molecule has 0 radical (unpaired) electrons. The van der Waals surface area contributed by atoms with Gasteiger partial charge in [-0.05, 0) is 30.7 Å². The SMILES string of the molecule is COCCS(=O)Cc1cccc(NC(=O)CCCN)c1.Cl. The van der Waals surface area contributed by atoms with Crippen molar-refractivity contribution in [1.82, 2.24) is 0 Å². The van der Waals surface area contributed by atoms with E-state index in [0.29, 0.717) is 37.5 Å². The van der Waals surface area contributed by atoms with Gasteiger partial charge >= 0.3 is 0 Å². The molecule has 1 rings (SSSR count). The van der Waals surface area contributed by atoms with Gasteiger partial charge in [-0.1, -0.05) is 12.1 Å². The number of rotatable bonds is 9. The van der Waals surface area contributed by atoms with Gasteiger partial charge in [0.15, 0.2) is 0 Å². The van der Waals surface area contributed by atoms with Crippen molar-refractivity contribution < 1.29 is 13.7 Å². The quantitative estimate of drug-likeness (QED) is 0.720. The molecule has 0 bridgehead atoms.